The van der Waals surface area contributed by atoms with Gasteiger partial charge >= 0.3 is 0 Å². The number of nitrogens with two attached hydrogens (primary N) is 1. The molecule has 0 amide bonds. The predicted octanol–water partition coefficient (Wildman–Crippen LogP) is 2.27. The van der Waals surface area contributed by atoms with Gasteiger partial charge in [0.05, 0.1) is 16.0 Å². The van der Waals surface area contributed by atoms with Crippen molar-refractivity contribution in [2.24, 2.45) is 7.05 Å². The van der Waals surface area contributed by atoms with Crippen LogP contribution in [0.15, 0.2) is 17.5 Å². The zero-order valence-corrected chi connectivity index (χ0v) is 12.6. The van der Waals surface area contributed by atoms with Gasteiger partial charge < -0.3 is 10.6 Å². The van der Waals surface area contributed by atoms with Gasteiger partial charge in [0.2, 0.25) is 5.95 Å². The summed E-state index contributed by atoms with van der Waals surface area (Å²) in [5.74, 6) is 1.38. The van der Waals surface area contributed by atoms with Gasteiger partial charge in [-0.2, -0.15) is 10.1 Å². The summed E-state index contributed by atoms with van der Waals surface area (Å²) in [6.45, 7) is 2.02. The lowest BCUT2D eigenvalue weighted by molar-refractivity contribution is 0.785. The number of nitrogen functional groups attached to an aromatic ring is 1. The molecule has 0 aliphatic carbocycles. The second-order valence-electron chi connectivity index (χ2n) is 5.25. The second kappa shape index (κ2) is 4.70. The normalized spacial score (nSPS) is 15.2. The van der Waals surface area contributed by atoms with E-state index in [1.54, 1.807) is 16.0 Å². The SMILES string of the molecule is Cn1nc2nc(N3CCCC3)nc(-c3cccs3)c2c1N. The number of hydrogen-bond donors (Lipinski definition) is 1. The van der Waals surface area contributed by atoms with Crippen LogP contribution < -0.4 is 10.6 Å². The molecule has 6 nitrogen and oxygen atoms in total. The molecule has 1 aliphatic rings. The summed E-state index contributed by atoms with van der Waals surface area (Å²) in [6, 6.07) is 4.09. The van der Waals surface area contributed by atoms with Gasteiger partial charge in [-0.05, 0) is 24.3 Å². The highest BCUT2D eigenvalue weighted by Gasteiger charge is 2.21. The lowest BCUT2D eigenvalue weighted by Gasteiger charge is -2.15. The Hall–Kier alpha value is -2.15. The van der Waals surface area contributed by atoms with Crippen LogP contribution in [-0.2, 0) is 7.05 Å². The smallest absolute Gasteiger partial charge is 0.228 e. The van der Waals surface area contributed by atoms with Crippen LogP contribution in [0.5, 0.6) is 0 Å². The van der Waals surface area contributed by atoms with Crippen molar-refractivity contribution in [2.45, 2.75) is 12.8 Å². The van der Waals surface area contributed by atoms with Crippen LogP contribution in [0.2, 0.25) is 0 Å². The number of aromatic nitrogens is 4. The number of hydrogen-bond acceptors (Lipinski definition) is 6. The summed E-state index contributed by atoms with van der Waals surface area (Å²) in [6.07, 6.45) is 2.39. The molecule has 0 saturated carbocycles. The van der Waals surface area contributed by atoms with Crippen LogP contribution in [0.25, 0.3) is 21.6 Å². The molecule has 1 aliphatic heterocycles. The van der Waals surface area contributed by atoms with E-state index in [9.17, 15) is 0 Å². The molecule has 21 heavy (non-hydrogen) atoms. The highest BCUT2D eigenvalue weighted by Crippen LogP contribution is 2.34. The number of fused-ring (bicyclic) bond motifs is 1. The molecule has 0 aromatic carbocycles. The van der Waals surface area contributed by atoms with Gasteiger partial charge in [-0.15, -0.1) is 11.3 Å². The van der Waals surface area contributed by atoms with E-state index in [0.29, 0.717) is 11.5 Å². The quantitative estimate of drug-likeness (QED) is 0.786. The van der Waals surface area contributed by atoms with Gasteiger partial charge in [0.1, 0.15) is 5.82 Å². The third-order valence-electron chi connectivity index (χ3n) is 3.87. The van der Waals surface area contributed by atoms with Crippen LogP contribution in [-0.4, -0.2) is 32.8 Å². The maximum atomic E-state index is 6.16. The molecule has 4 rings (SSSR count). The monoisotopic (exact) mass is 300 g/mol. The zero-order valence-electron chi connectivity index (χ0n) is 11.8. The van der Waals surface area contributed by atoms with Crippen molar-refractivity contribution >= 4 is 34.1 Å². The van der Waals surface area contributed by atoms with Crippen LogP contribution in [0.4, 0.5) is 11.8 Å². The summed E-state index contributed by atoms with van der Waals surface area (Å²) in [5, 5.41) is 7.33. The van der Waals surface area contributed by atoms with E-state index in [4.69, 9.17) is 10.7 Å². The van der Waals surface area contributed by atoms with Crippen LogP contribution >= 0.6 is 11.3 Å². The van der Waals surface area contributed by atoms with Gasteiger partial charge in [-0.25, -0.2) is 4.98 Å². The number of nitrogens with zero attached hydrogens (tertiary/aromatic N) is 5. The largest absolute Gasteiger partial charge is 0.383 e. The summed E-state index contributed by atoms with van der Waals surface area (Å²) >= 11 is 1.66. The van der Waals surface area contributed by atoms with Crippen LogP contribution in [0.3, 0.4) is 0 Å². The summed E-state index contributed by atoms with van der Waals surface area (Å²) in [4.78, 5) is 12.7. The molecule has 2 N–H and O–H groups in total. The average Bonchev–Trinajstić information content (AvgIpc) is 3.21. The van der Waals surface area contributed by atoms with E-state index in [-0.39, 0.29) is 0 Å². The van der Waals surface area contributed by atoms with E-state index in [1.807, 2.05) is 18.5 Å². The number of rotatable bonds is 2. The van der Waals surface area contributed by atoms with Gasteiger partial charge in [0, 0.05) is 20.1 Å². The van der Waals surface area contributed by atoms with E-state index >= 15 is 0 Å². The van der Waals surface area contributed by atoms with Crippen LogP contribution in [0, 0.1) is 0 Å². The van der Waals surface area contributed by atoms with E-state index < -0.39 is 0 Å². The van der Waals surface area contributed by atoms with Crippen molar-refractivity contribution in [2.75, 3.05) is 23.7 Å². The molecule has 3 aromatic rings. The fraction of sp³-hybridized carbons (Fsp3) is 0.357. The molecule has 1 fully saturated rings. The molecule has 7 heteroatoms. The minimum absolute atomic E-state index is 0.612. The van der Waals surface area contributed by atoms with Crippen LogP contribution in [0.1, 0.15) is 12.8 Å². The van der Waals surface area contributed by atoms with Gasteiger partial charge in [-0.3, -0.25) is 4.68 Å². The number of thiophene rings is 1. The molecule has 0 bridgehead atoms. The Morgan fingerprint density at radius 3 is 2.76 bits per heavy atom. The highest BCUT2D eigenvalue weighted by atomic mass is 32.1. The predicted molar refractivity (Wildman–Crippen MR) is 85.5 cm³/mol. The molecule has 4 heterocycles. The molecule has 0 spiro atoms. The fourth-order valence-electron chi connectivity index (χ4n) is 2.75. The van der Waals surface area contributed by atoms with Crippen molar-refractivity contribution in [1.29, 1.82) is 0 Å². The van der Waals surface area contributed by atoms with E-state index in [1.165, 1.54) is 12.8 Å². The number of aryl methyl sites for hydroxylation is 1. The molecule has 0 unspecified atom stereocenters. The first kappa shape index (κ1) is 12.6. The fourth-order valence-corrected chi connectivity index (χ4v) is 3.47. The van der Waals surface area contributed by atoms with Gasteiger partial charge in [0.15, 0.2) is 5.65 Å². The Balaban J connectivity index is 1.98. The van der Waals surface area contributed by atoms with Gasteiger partial charge in [0.25, 0.3) is 0 Å². The van der Waals surface area contributed by atoms with E-state index in [2.05, 4.69) is 21.0 Å². The molecular formula is C14H16N6S. The third kappa shape index (κ3) is 1.96. The lowest BCUT2D eigenvalue weighted by atomic mass is 10.2. The Morgan fingerprint density at radius 1 is 1.24 bits per heavy atom. The summed E-state index contributed by atoms with van der Waals surface area (Å²) in [7, 11) is 1.84. The molecule has 1 saturated heterocycles. The Labute approximate surface area is 126 Å². The van der Waals surface area contributed by atoms with Crippen molar-refractivity contribution < 1.29 is 0 Å². The molecule has 108 valence electrons. The highest BCUT2D eigenvalue weighted by molar-refractivity contribution is 7.13. The maximum absolute atomic E-state index is 6.16. The third-order valence-corrected chi connectivity index (χ3v) is 4.75. The van der Waals surface area contributed by atoms with Gasteiger partial charge in [-0.1, -0.05) is 6.07 Å². The first-order chi connectivity index (χ1) is 10.2. The average molecular weight is 300 g/mol. The van der Waals surface area contributed by atoms with Crippen molar-refractivity contribution in [3.8, 4) is 10.6 Å². The van der Waals surface area contributed by atoms with Crippen molar-refractivity contribution in [3.63, 3.8) is 0 Å². The summed E-state index contributed by atoms with van der Waals surface area (Å²) < 4.78 is 1.67. The Morgan fingerprint density at radius 2 is 2.05 bits per heavy atom. The maximum Gasteiger partial charge on any atom is 0.228 e. The molecule has 0 radical (unpaired) electrons. The minimum atomic E-state index is 0.612. The number of anilines is 2. The van der Waals surface area contributed by atoms with E-state index in [0.717, 1.165) is 35.0 Å². The molecular weight excluding hydrogens is 284 g/mol. The summed E-state index contributed by atoms with van der Waals surface area (Å²) in [5.41, 5.74) is 7.73. The lowest BCUT2D eigenvalue weighted by Crippen LogP contribution is -2.20. The Kier molecular flexibility index (Phi) is 2.81. The minimum Gasteiger partial charge on any atom is -0.383 e. The first-order valence-electron chi connectivity index (χ1n) is 7.03. The first-order valence-corrected chi connectivity index (χ1v) is 7.91. The topological polar surface area (TPSA) is 72.9 Å². The Bertz CT molecular complexity index is 786. The zero-order chi connectivity index (χ0) is 14.4. The molecule has 0 atom stereocenters. The second-order valence-corrected chi connectivity index (χ2v) is 6.20. The molecule has 3 aromatic heterocycles. The van der Waals surface area contributed by atoms with Crippen molar-refractivity contribution in [3.05, 3.63) is 17.5 Å². The van der Waals surface area contributed by atoms with Crippen molar-refractivity contribution in [1.82, 2.24) is 19.7 Å². The standard InChI is InChI=1S/C14H16N6S/c1-19-12(15)10-11(9-5-4-8-21-9)16-14(17-13(10)18-19)20-6-2-3-7-20/h4-5,8H,2-3,6-7,15H2,1H3.